The molecule has 0 amide bonds. The van der Waals surface area contributed by atoms with E-state index in [-0.39, 0.29) is 0 Å². The molecular formula is C14H19ClN4O. The van der Waals surface area contributed by atoms with Gasteiger partial charge in [0.15, 0.2) is 0 Å². The van der Waals surface area contributed by atoms with Crippen molar-refractivity contribution in [1.82, 2.24) is 19.3 Å². The van der Waals surface area contributed by atoms with E-state index in [0.29, 0.717) is 17.5 Å². The number of rotatable bonds is 5. The van der Waals surface area contributed by atoms with Crippen LogP contribution >= 0.6 is 11.6 Å². The molecule has 2 aromatic heterocycles. The SMILES string of the molecule is CCc1nn(C)c(CC(O)c2cncn2C2CC2)c1Cl. The number of aliphatic hydroxyl groups is 1. The van der Waals surface area contributed by atoms with E-state index in [2.05, 4.69) is 14.6 Å². The monoisotopic (exact) mass is 294 g/mol. The Morgan fingerprint density at radius 3 is 2.85 bits per heavy atom. The summed E-state index contributed by atoms with van der Waals surface area (Å²) in [6.07, 6.45) is 6.54. The van der Waals surface area contributed by atoms with Gasteiger partial charge in [0.1, 0.15) is 6.10 Å². The highest BCUT2D eigenvalue weighted by atomic mass is 35.5. The van der Waals surface area contributed by atoms with Crippen LogP contribution in [0.15, 0.2) is 12.5 Å². The van der Waals surface area contributed by atoms with Crippen molar-refractivity contribution in [2.75, 3.05) is 0 Å². The van der Waals surface area contributed by atoms with Gasteiger partial charge in [-0.15, -0.1) is 0 Å². The van der Waals surface area contributed by atoms with Gasteiger partial charge in [-0.25, -0.2) is 4.98 Å². The van der Waals surface area contributed by atoms with Gasteiger partial charge in [-0.2, -0.15) is 5.10 Å². The minimum atomic E-state index is -0.601. The Labute approximate surface area is 123 Å². The van der Waals surface area contributed by atoms with Crippen LogP contribution in [0.2, 0.25) is 5.02 Å². The molecule has 0 radical (unpaired) electrons. The summed E-state index contributed by atoms with van der Waals surface area (Å²) >= 11 is 6.33. The Balaban J connectivity index is 1.83. The van der Waals surface area contributed by atoms with E-state index in [4.69, 9.17) is 11.6 Å². The van der Waals surface area contributed by atoms with Gasteiger partial charge in [0, 0.05) is 19.5 Å². The molecule has 6 heteroatoms. The number of aromatic nitrogens is 4. The quantitative estimate of drug-likeness (QED) is 0.921. The molecule has 20 heavy (non-hydrogen) atoms. The summed E-state index contributed by atoms with van der Waals surface area (Å²) in [4.78, 5) is 4.16. The molecular weight excluding hydrogens is 276 g/mol. The number of imidazole rings is 1. The van der Waals surface area contributed by atoms with E-state index in [1.54, 1.807) is 17.2 Å². The summed E-state index contributed by atoms with van der Waals surface area (Å²) < 4.78 is 3.85. The number of aryl methyl sites for hydroxylation is 2. The third-order valence-corrected chi connectivity index (χ3v) is 4.30. The highest BCUT2D eigenvalue weighted by Crippen LogP contribution is 2.37. The maximum atomic E-state index is 10.5. The molecule has 3 rings (SSSR count). The van der Waals surface area contributed by atoms with Gasteiger partial charge in [-0.3, -0.25) is 4.68 Å². The first-order valence-corrected chi connectivity index (χ1v) is 7.39. The normalized spacial score (nSPS) is 16.6. The maximum Gasteiger partial charge on any atom is 0.101 e. The highest BCUT2D eigenvalue weighted by molar-refractivity contribution is 6.31. The standard InChI is InChI=1S/C14H19ClN4O/c1-3-10-14(15)11(18(2)17-10)6-13(20)12-7-16-8-19(12)9-4-5-9/h7-9,13,20H,3-6H2,1-2H3. The fraction of sp³-hybridized carbons (Fsp3) is 0.571. The van der Waals surface area contributed by atoms with Crippen molar-refractivity contribution in [2.24, 2.45) is 7.05 Å². The maximum absolute atomic E-state index is 10.5. The fourth-order valence-corrected chi connectivity index (χ4v) is 2.93. The van der Waals surface area contributed by atoms with Crippen molar-refractivity contribution >= 4 is 11.6 Å². The highest BCUT2D eigenvalue weighted by Gasteiger charge is 2.28. The van der Waals surface area contributed by atoms with Crippen molar-refractivity contribution < 1.29 is 5.11 Å². The van der Waals surface area contributed by atoms with Crippen LogP contribution in [0.25, 0.3) is 0 Å². The molecule has 1 aliphatic rings. The van der Waals surface area contributed by atoms with Crippen LogP contribution in [0.1, 0.15) is 49.0 Å². The third-order valence-electron chi connectivity index (χ3n) is 3.87. The van der Waals surface area contributed by atoms with Crippen LogP contribution in [0, 0.1) is 0 Å². The largest absolute Gasteiger partial charge is 0.386 e. The molecule has 1 N–H and O–H groups in total. The van der Waals surface area contributed by atoms with E-state index in [0.717, 1.165) is 23.5 Å². The van der Waals surface area contributed by atoms with Crippen molar-refractivity contribution in [1.29, 1.82) is 0 Å². The van der Waals surface area contributed by atoms with Crippen LogP contribution in [0.4, 0.5) is 0 Å². The minimum Gasteiger partial charge on any atom is -0.386 e. The molecule has 1 unspecified atom stereocenters. The molecule has 2 aromatic rings. The van der Waals surface area contributed by atoms with E-state index < -0.39 is 6.10 Å². The second-order valence-corrected chi connectivity index (χ2v) is 5.74. The van der Waals surface area contributed by atoms with Gasteiger partial charge < -0.3 is 9.67 Å². The lowest BCUT2D eigenvalue weighted by Gasteiger charge is -2.13. The topological polar surface area (TPSA) is 55.9 Å². The zero-order valence-electron chi connectivity index (χ0n) is 11.8. The molecule has 0 saturated heterocycles. The lowest BCUT2D eigenvalue weighted by atomic mass is 10.1. The second-order valence-electron chi connectivity index (χ2n) is 5.36. The molecule has 2 heterocycles. The van der Waals surface area contributed by atoms with Gasteiger partial charge in [0.05, 0.1) is 34.6 Å². The molecule has 1 atom stereocenters. The Bertz CT molecular complexity index is 615. The summed E-state index contributed by atoms with van der Waals surface area (Å²) in [5.74, 6) is 0. The first kappa shape index (κ1) is 13.6. The summed E-state index contributed by atoms with van der Waals surface area (Å²) in [6.45, 7) is 2.02. The minimum absolute atomic E-state index is 0.459. The second kappa shape index (κ2) is 5.22. The summed E-state index contributed by atoms with van der Waals surface area (Å²) in [5, 5.41) is 15.5. The number of nitrogens with zero attached hydrogens (tertiary/aromatic N) is 4. The first-order valence-electron chi connectivity index (χ1n) is 7.01. The first-order chi connectivity index (χ1) is 9.61. The van der Waals surface area contributed by atoms with Crippen molar-refractivity contribution in [3.8, 4) is 0 Å². The van der Waals surface area contributed by atoms with E-state index in [1.165, 1.54) is 12.8 Å². The van der Waals surface area contributed by atoms with Crippen LogP contribution in [-0.4, -0.2) is 24.4 Å². The molecule has 0 aromatic carbocycles. The van der Waals surface area contributed by atoms with E-state index in [1.807, 2.05) is 14.0 Å². The molecule has 1 fully saturated rings. The fourth-order valence-electron chi connectivity index (χ4n) is 2.56. The Kier molecular flexibility index (Phi) is 3.56. The van der Waals surface area contributed by atoms with Crippen LogP contribution in [0.5, 0.6) is 0 Å². The number of aliphatic hydroxyl groups excluding tert-OH is 1. The summed E-state index contributed by atoms with van der Waals surface area (Å²) in [5.41, 5.74) is 2.62. The summed E-state index contributed by atoms with van der Waals surface area (Å²) in [6, 6.07) is 0.510. The molecule has 1 saturated carbocycles. The summed E-state index contributed by atoms with van der Waals surface area (Å²) in [7, 11) is 1.87. The van der Waals surface area contributed by atoms with Gasteiger partial charge in [-0.05, 0) is 19.3 Å². The zero-order chi connectivity index (χ0) is 14.3. The van der Waals surface area contributed by atoms with Crippen LogP contribution in [0.3, 0.4) is 0 Å². The molecule has 0 bridgehead atoms. The van der Waals surface area contributed by atoms with Crippen molar-refractivity contribution in [2.45, 2.75) is 44.8 Å². The van der Waals surface area contributed by atoms with E-state index in [9.17, 15) is 5.11 Å². The molecule has 5 nitrogen and oxygen atoms in total. The average Bonchev–Trinajstić information content (AvgIpc) is 3.10. The van der Waals surface area contributed by atoms with Crippen LogP contribution < -0.4 is 0 Å². The molecule has 0 aliphatic heterocycles. The molecule has 0 spiro atoms. The average molecular weight is 295 g/mol. The van der Waals surface area contributed by atoms with Crippen molar-refractivity contribution in [3.63, 3.8) is 0 Å². The number of hydrogen-bond donors (Lipinski definition) is 1. The zero-order valence-corrected chi connectivity index (χ0v) is 12.5. The van der Waals surface area contributed by atoms with Crippen LogP contribution in [-0.2, 0) is 19.9 Å². The van der Waals surface area contributed by atoms with Gasteiger partial charge in [0.25, 0.3) is 0 Å². The molecule has 108 valence electrons. The van der Waals surface area contributed by atoms with Gasteiger partial charge in [-0.1, -0.05) is 18.5 Å². The smallest absolute Gasteiger partial charge is 0.101 e. The predicted molar refractivity (Wildman–Crippen MR) is 76.8 cm³/mol. The predicted octanol–water partition coefficient (Wildman–Crippen LogP) is 2.44. The molecule has 1 aliphatic carbocycles. The lowest BCUT2D eigenvalue weighted by molar-refractivity contribution is 0.166. The van der Waals surface area contributed by atoms with Gasteiger partial charge >= 0.3 is 0 Å². The number of halogens is 1. The Morgan fingerprint density at radius 1 is 1.50 bits per heavy atom. The number of hydrogen-bond acceptors (Lipinski definition) is 3. The van der Waals surface area contributed by atoms with Crippen molar-refractivity contribution in [3.05, 3.63) is 34.6 Å². The Hall–Kier alpha value is -1.33. The van der Waals surface area contributed by atoms with Gasteiger partial charge in [0.2, 0.25) is 0 Å². The Morgan fingerprint density at radius 2 is 2.25 bits per heavy atom. The lowest BCUT2D eigenvalue weighted by Crippen LogP contribution is -2.11. The van der Waals surface area contributed by atoms with E-state index >= 15 is 0 Å². The third kappa shape index (κ3) is 2.36.